The van der Waals surface area contributed by atoms with Gasteiger partial charge in [-0.05, 0) is 38.3 Å². The van der Waals surface area contributed by atoms with Gasteiger partial charge in [-0.2, -0.15) is 0 Å². The van der Waals surface area contributed by atoms with Gasteiger partial charge in [0.05, 0.1) is 11.5 Å². The third-order valence-corrected chi connectivity index (χ3v) is 5.02. The predicted octanol–water partition coefficient (Wildman–Crippen LogP) is 2.60. The molecule has 0 spiro atoms. The van der Waals surface area contributed by atoms with Gasteiger partial charge in [-0.25, -0.2) is 0 Å². The minimum absolute atomic E-state index is 0.0481. The van der Waals surface area contributed by atoms with Crippen molar-refractivity contribution in [3.05, 3.63) is 34.7 Å². The van der Waals surface area contributed by atoms with Crippen LogP contribution in [0.4, 0.5) is 0 Å². The summed E-state index contributed by atoms with van der Waals surface area (Å²) in [4.78, 5) is 25.1. The van der Waals surface area contributed by atoms with Gasteiger partial charge in [-0.3, -0.25) is 9.69 Å². The van der Waals surface area contributed by atoms with Crippen LogP contribution in [0.5, 0.6) is 5.75 Å². The largest absolute Gasteiger partial charge is 0.550 e. The lowest BCUT2D eigenvalue weighted by Gasteiger charge is -2.14. The number of thiocarbonyl (C=S) groups is 1. The van der Waals surface area contributed by atoms with Crippen LogP contribution in [0.25, 0.3) is 6.08 Å². The van der Waals surface area contributed by atoms with Crippen molar-refractivity contribution in [3.63, 3.8) is 0 Å². The summed E-state index contributed by atoms with van der Waals surface area (Å²) in [5.41, 5.74) is 0.846. The van der Waals surface area contributed by atoms with Gasteiger partial charge in [0.25, 0.3) is 5.91 Å². The molecule has 1 aromatic carbocycles. The number of hydrogen-bond acceptors (Lipinski definition) is 6. The number of ether oxygens (including phenoxy) is 1. The minimum Gasteiger partial charge on any atom is -0.550 e. The average molecular weight is 378 g/mol. The van der Waals surface area contributed by atoms with Crippen molar-refractivity contribution in [3.8, 4) is 5.75 Å². The SMILES string of the molecule is CCOc1ccccc1/C=C1/SC(=S)N(CCCCCC(=O)[O-])C1=O. The maximum Gasteiger partial charge on any atom is 0.266 e. The van der Waals surface area contributed by atoms with Crippen LogP contribution in [0, 0.1) is 0 Å². The van der Waals surface area contributed by atoms with Crippen LogP contribution < -0.4 is 9.84 Å². The summed E-state index contributed by atoms with van der Waals surface area (Å²) in [6.07, 6.45) is 3.83. The van der Waals surface area contributed by atoms with Crippen LogP contribution >= 0.6 is 24.0 Å². The van der Waals surface area contributed by atoms with Crippen molar-refractivity contribution in [2.45, 2.75) is 32.6 Å². The molecule has 5 nitrogen and oxygen atoms in total. The summed E-state index contributed by atoms with van der Waals surface area (Å²) in [6, 6.07) is 7.55. The maximum atomic E-state index is 12.6. The third-order valence-electron chi connectivity index (χ3n) is 3.64. The van der Waals surface area contributed by atoms with Crippen molar-refractivity contribution in [1.29, 1.82) is 0 Å². The molecule has 1 saturated heterocycles. The first-order chi connectivity index (χ1) is 12.0. The third kappa shape index (κ3) is 5.57. The molecule has 1 heterocycles. The second-order valence-electron chi connectivity index (χ2n) is 5.49. The highest BCUT2D eigenvalue weighted by atomic mass is 32.2. The molecule has 0 atom stereocenters. The van der Waals surface area contributed by atoms with E-state index in [1.54, 1.807) is 11.0 Å². The molecule has 0 bridgehead atoms. The Morgan fingerprint density at radius 1 is 1.32 bits per heavy atom. The number of benzene rings is 1. The molecular formula is C18H20NO4S2-. The van der Waals surface area contributed by atoms with Crippen molar-refractivity contribution in [2.75, 3.05) is 13.2 Å². The molecule has 0 aromatic heterocycles. The zero-order chi connectivity index (χ0) is 18.2. The summed E-state index contributed by atoms with van der Waals surface area (Å²) in [7, 11) is 0. The Balaban J connectivity index is 1.99. The first kappa shape index (κ1) is 19.5. The van der Waals surface area contributed by atoms with E-state index in [0.29, 0.717) is 35.2 Å². The van der Waals surface area contributed by atoms with Gasteiger partial charge in [0.2, 0.25) is 0 Å². The highest BCUT2D eigenvalue weighted by Gasteiger charge is 2.31. The summed E-state index contributed by atoms with van der Waals surface area (Å²) in [5, 5.41) is 10.4. The van der Waals surface area contributed by atoms with E-state index >= 15 is 0 Å². The van der Waals surface area contributed by atoms with Gasteiger partial charge < -0.3 is 14.6 Å². The normalized spacial score (nSPS) is 15.9. The van der Waals surface area contributed by atoms with Gasteiger partial charge in [-0.1, -0.05) is 48.6 Å². The lowest BCUT2D eigenvalue weighted by atomic mass is 10.1. The molecule has 1 fully saturated rings. The van der Waals surface area contributed by atoms with Crippen LogP contribution in [0.2, 0.25) is 0 Å². The molecule has 1 aliphatic rings. The second kappa shape index (κ2) is 9.58. The number of nitrogens with zero attached hydrogens (tertiary/aromatic N) is 1. The Morgan fingerprint density at radius 3 is 2.80 bits per heavy atom. The number of para-hydroxylation sites is 1. The fourth-order valence-electron chi connectivity index (χ4n) is 2.44. The Kier molecular flexibility index (Phi) is 7.46. The zero-order valence-electron chi connectivity index (χ0n) is 14.0. The van der Waals surface area contributed by atoms with Crippen molar-refractivity contribution in [2.24, 2.45) is 0 Å². The summed E-state index contributed by atoms with van der Waals surface area (Å²) < 4.78 is 6.12. The number of carboxylic acids is 1. The Labute approximate surface area is 157 Å². The summed E-state index contributed by atoms with van der Waals surface area (Å²) in [5.74, 6) is -0.416. The van der Waals surface area contributed by atoms with Crippen LogP contribution in [0.3, 0.4) is 0 Å². The average Bonchev–Trinajstić information content (AvgIpc) is 2.83. The predicted molar refractivity (Wildman–Crippen MR) is 101 cm³/mol. The number of carbonyl (C=O) groups excluding carboxylic acids is 2. The number of aliphatic carboxylic acids is 1. The molecule has 7 heteroatoms. The van der Waals surface area contributed by atoms with Gasteiger partial charge in [0.15, 0.2) is 0 Å². The molecule has 0 saturated carbocycles. The highest BCUT2D eigenvalue weighted by Crippen LogP contribution is 2.34. The lowest BCUT2D eigenvalue weighted by molar-refractivity contribution is -0.305. The van der Waals surface area contributed by atoms with E-state index in [0.717, 1.165) is 17.7 Å². The number of amides is 1. The Hall–Kier alpha value is -1.86. The number of thioether (sulfide) groups is 1. The van der Waals surface area contributed by atoms with Crippen molar-refractivity contribution in [1.82, 2.24) is 4.90 Å². The molecular weight excluding hydrogens is 358 g/mol. The standard InChI is InChI=1S/C18H21NO4S2/c1-2-23-14-9-6-5-8-13(14)12-15-17(22)19(18(24)25-15)11-7-3-4-10-16(20)21/h5-6,8-9,12H,2-4,7,10-11H2,1H3,(H,20,21)/p-1/b15-12+. The number of unbranched alkanes of at least 4 members (excludes halogenated alkanes) is 2. The number of carbonyl (C=O) groups is 2. The first-order valence-corrected chi connectivity index (χ1v) is 9.42. The number of carboxylic acid groups (broad SMARTS) is 1. The molecule has 1 amide bonds. The molecule has 134 valence electrons. The van der Waals surface area contributed by atoms with Crippen LogP contribution in [-0.4, -0.2) is 34.2 Å². The quantitative estimate of drug-likeness (QED) is 0.374. The summed E-state index contributed by atoms with van der Waals surface area (Å²) in [6.45, 7) is 2.97. The van der Waals surface area contributed by atoms with Crippen LogP contribution in [-0.2, 0) is 9.59 Å². The second-order valence-corrected chi connectivity index (χ2v) is 7.16. The molecule has 0 N–H and O–H groups in total. The zero-order valence-corrected chi connectivity index (χ0v) is 15.7. The van der Waals surface area contributed by atoms with Gasteiger partial charge in [0.1, 0.15) is 10.1 Å². The smallest absolute Gasteiger partial charge is 0.266 e. The van der Waals surface area contributed by atoms with Crippen LogP contribution in [0.15, 0.2) is 29.2 Å². The van der Waals surface area contributed by atoms with E-state index in [9.17, 15) is 14.7 Å². The minimum atomic E-state index is -1.04. The highest BCUT2D eigenvalue weighted by molar-refractivity contribution is 8.26. The molecule has 2 rings (SSSR count). The molecule has 1 aliphatic heterocycles. The summed E-state index contributed by atoms with van der Waals surface area (Å²) >= 11 is 6.59. The fourth-order valence-corrected chi connectivity index (χ4v) is 3.74. The topological polar surface area (TPSA) is 69.7 Å². The maximum absolute atomic E-state index is 12.6. The Bertz CT molecular complexity index is 687. The van der Waals surface area contributed by atoms with E-state index in [4.69, 9.17) is 17.0 Å². The molecule has 0 radical (unpaired) electrons. The fraction of sp³-hybridized carbons (Fsp3) is 0.389. The lowest BCUT2D eigenvalue weighted by Crippen LogP contribution is -2.29. The van der Waals surface area contributed by atoms with E-state index in [2.05, 4.69) is 0 Å². The van der Waals surface area contributed by atoms with Gasteiger partial charge in [0, 0.05) is 18.1 Å². The monoisotopic (exact) mass is 378 g/mol. The van der Waals surface area contributed by atoms with E-state index in [1.165, 1.54) is 11.8 Å². The van der Waals surface area contributed by atoms with Crippen molar-refractivity contribution >= 4 is 46.3 Å². The molecule has 0 aliphatic carbocycles. The van der Waals surface area contributed by atoms with Gasteiger partial charge >= 0.3 is 0 Å². The number of hydrogen-bond donors (Lipinski definition) is 0. The first-order valence-electron chi connectivity index (χ1n) is 8.20. The van der Waals surface area contributed by atoms with Crippen LogP contribution in [0.1, 0.15) is 38.2 Å². The van der Waals surface area contributed by atoms with E-state index < -0.39 is 5.97 Å². The van der Waals surface area contributed by atoms with Crippen molar-refractivity contribution < 1.29 is 19.4 Å². The van der Waals surface area contributed by atoms with E-state index in [1.807, 2.05) is 31.2 Å². The molecule has 25 heavy (non-hydrogen) atoms. The Morgan fingerprint density at radius 2 is 2.08 bits per heavy atom. The number of rotatable bonds is 9. The van der Waals surface area contributed by atoms with E-state index in [-0.39, 0.29) is 12.3 Å². The van der Waals surface area contributed by atoms with Gasteiger partial charge in [-0.15, -0.1) is 0 Å². The molecule has 0 unspecified atom stereocenters. The molecule has 1 aromatic rings.